The molecule has 0 aliphatic rings. The van der Waals surface area contributed by atoms with E-state index in [1.54, 1.807) is 0 Å². The van der Waals surface area contributed by atoms with Crippen molar-refractivity contribution in [3.8, 4) is 5.82 Å². The van der Waals surface area contributed by atoms with Crippen LogP contribution in [-0.4, -0.2) is 31.5 Å². The van der Waals surface area contributed by atoms with Crippen molar-refractivity contribution in [3.63, 3.8) is 0 Å². The van der Waals surface area contributed by atoms with Gasteiger partial charge in [0.05, 0.1) is 5.75 Å². The zero-order valence-electron chi connectivity index (χ0n) is 18.0. The second-order valence-electron chi connectivity index (χ2n) is 7.61. The fraction of sp³-hybridized carbons (Fsp3) is 0.304. The van der Waals surface area contributed by atoms with Crippen LogP contribution >= 0.6 is 11.8 Å². The topological polar surface area (TPSA) is 87.0 Å². The van der Waals surface area contributed by atoms with Gasteiger partial charge in [-0.15, -0.1) is 10.2 Å². The molecule has 3 heterocycles. The van der Waals surface area contributed by atoms with Crippen LogP contribution in [0.25, 0.3) is 5.82 Å². The summed E-state index contributed by atoms with van der Waals surface area (Å²) < 4.78 is 12.8. The molecule has 160 valence electrons. The molecule has 1 unspecified atom stereocenters. The van der Waals surface area contributed by atoms with Gasteiger partial charge in [0.25, 0.3) is 5.22 Å². The van der Waals surface area contributed by atoms with Crippen molar-refractivity contribution in [3.05, 3.63) is 76.6 Å². The Morgan fingerprint density at radius 3 is 2.61 bits per heavy atom. The van der Waals surface area contributed by atoms with Gasteiger partial charge in [-0.05, 0) is 38.3 Å². The fourth-order valence-corrected chi connectivity index (χ4v) is 4.27. The van der Waals surface area contributed by atoms with Crippen molar-refractivity contribution >= 4 is 17.5 Å². The van der Waals surface area contributed by atoms with E-state index in [1.807, 2.05) is 55.7 Å². The molecule has 31 heavy (non-hydrogen) atoms. The SMILES string of the molecule is Cc1cc(-n2c(C)cc(C(=O)CSc3nnc(CC(C)c4ccccc4)o3)c2C)no1. The fourth-order valence-electron chi connectivity index (χ4n) is 3.60. The van der Waals surface area contributed by atoms with Crippen molar-refractivity contribution in [2.75, 3.05) is 5.75 Å². The summed E-state index contributed by atoms with van der Waals surface area (Å²) in [5.74, 6) is 2.46. The van der Waals surface area contributed by atoms with Gasteiger partial charge in [0.2, 0.25) is 5.89 Å². The molecule has 1 aromatic carbocycles. The molecule has 8 heteroatoms. The average Bonchev–Trinajstić information content (AvgIpc) is 3.46. The molecule has 0 radical (unpaired) electrons. The molecule has 0 aliphatic heterocycles. The largest absolute Gasteiger partial charge is 0.416 e. The van der Waals surface area contributed by atoms with Gasteiger partial charge in [-0.3, -0.25) is 9.36 Å². The van der Waals surface area contributed by atoms with Crippen LogP contribution in [0.4, 0.5) is 0 Å². The number of ketones is 1. The monoisotopic (exact) mass is 436 g/mol. The Kier molecular flexibility index (Phi) is 6.08. The molecule has 0 saturated carbocycles. The molecule has 1 atom stereocenters. The minimum absolute atomic E-state index is 0.00182. The number of aryl methyl sites for hydroxylation is 2. The quantitative estimate of drug-likeness (QED) is 0.281. The highest BCUT2D eigenvalue weighted by atomic mass is 32.2. The van der Waals surface area contributed by atoms with Crippen LogP contribution in [0.15, 0.2) is 56.6 Å². The van der Waals surface area contributed by atoms with Gasteiger partial charge >= 0.3 is 0 Å². The van der Waals surface area contributed by atoms with Crippen LogP contribution in [0.1, 0.15) is 51.8 Å². The number of aromatic nitrogens is 4. The zero-order chi connectivity index (χ0) is 22.0. The van der Waals surface area contributed by atoms with Crippen molar-refractivity contribution in [2.24, 2.45) is 0 Å². The second kappa shape index (κ2) is 8.93. The van der Waals surface area contributed by atoms with E-state index in [9.17, 15) is 4.79 Å². The molecule has 4 aromatic rings. The number of rotatable bonds is 8. The van der Waals surface area contributed by atoms with E-state index in [4.69, 9.17) is 8.94 Å². The highest BCUT2D eigenvalue weighted by Crippen LogP contribution is 2.25. The number of benzene rings is 1. The van der Waals surface area contributed by atoms with Gasteiger partial charge in [0, 0.05) is 29.4 Å². The highest BCUT2D eigenvalue weighted by molar-refractivity contribution is 7.99. The Balaban J connectivity index is 1.40. The van der Waals surface area contributed by atoms with Crippen LogP contribution < -0.4 is 0 Å². The minimum Gasteiger partial charge on any atom is -0.416 e. The van der Waals surface area contributed by atoms with E-state index in [0.29, 0.717) is 28.9 Å². The third kappa shape index (κ3) is 4.64. The molecule has 0 N–H and O–H groups in total. The van der Waals surface area contributed by atoms with Crippen LogP contribution in [-0.2, 0) is 6.42 Å². The summed E-state index contributed by atoms with van der Waals surface area (Å²) in [6.07, 6.45) is 0.657. The average molecular weight is 437 g/mol. The van der Waals surface area contributed by atoms with E-state index in [0.717, 1.165) is 17.1 Å². The first kappa shape index (κ1) is 21.1. The third-order valence-corrected chi connectivity index (χ3v) is 6.02. The molecule has 0 amide bonds. The number of carbonyl (C=O) groups excluding carboxylic acids is 1. The molecule has 0 fully saturated rings. The predicted octanol–water partition coefficient (Wildman–Crippen LogP) is 5.09. The molecule has 3 aromatic heterocycles. The van der Waals surface area contributed by atoms with E-state index < -0.39 is 0 Å². The Bertz CT molecular complexity index is 1190. The molecule has 4 rings (SSSR count). The molecular weight excluding hydrogens is 412 g/mol. The first-order valence-electron chi connectivity index (χ1n) is 10.1. The van der Waals surface area contributed by atoms with Crippen LogP contribution in [0.2, 0.25) is 0 Å². The maximum atomic E-state index is 12.8. The molecule has 0 saturated heterocycles. The maximum absolute atomic E-state index is 12.8. The summed E-state index contributed by atoms with van der Waals surface area (Å²) in [4.78, 5) is 12.8. The number of carbonyl (C=O) groups is 1. The highest BCUT2D eigenvalue weighted by Gasteiger charge is 2.20. The third-order valence-electron chi connectivity index (χ3n) is 5.20. The molecule has 0 aliphatic carbocycles. The number of thioether (sulfide) groups is 1. The van der Waals surface area contributed by atoms with Gasteiger partial charge in [0.15, 0.2) is 11.6 Å². The molecular formula is C23H24N4O3S. The molecule has 0 bridgehead atoms. The Hall–Kier alpha value is -3.13. The lowest BCUT2D eigenvalue weighted by Gasteiger charge is -2.08. The smallest absolute Gasteiger partial charge is 0.277 e. The normalized spacial score (nSPS) is 12.3. The predicted molar refractivity (Wildman–Crippen MR) is 118 cm³/mol. The summed E-state index contributed by atoms with van der Waals surface area (Å²) in [5.41, 5.74) is 3.64. The van der Waals surface area contributed by atoms with Crippen molar-refractivity contribution < 1.29 is 13.7 Å². The summed E-state index contributed by atoms with van der Waals surface area (Å²) in [6.45, 7) is 7.82. The van der Waals surface area contributed by atoms with Gasteiger partial charge in [-0.25, -0.2) is 0 Å². The Morgan fingerprint density at radius 1 is 1.13 bits per heavy atom. The maximum Gasteiger partial charge on any atom is 0.277 e. The van der Waals surface area contributed by atoms with Gasteiger partial charge in [-0.1, -0.05) is 54.2 Å². The van der Waals surface area contributed by atoms with E-state index in [-0.39, 0.29) is 17.5 Å². The van der Waals surface area contributed by atoms with Gasteiger partial charge in [0.1, 0.15) is 5.76 Å². The van der Waals surface area contributed by atoms with Crippen LogP contribution in [0, 0.1) is 20.8 Å². The summed E-state index contributed by atoms with van der Waals surface area (Å²) >= 11 is 1.26. The van der Waals surface area contributed by atoms with Crippen LogP contribution in [0.5, 0.6) is 0 Å². The van der Waals surface area contributed by atoms with E-state index in [1.165, 1.54) is 17.3 Å². The Morgan fingerprint density at radius 2 is 1.90 bits per heavy atom. The molecule has 7 nitrogen and oxygen atoms in total. The van der Waals surface area contributed by atoms with Crippen LogP contribution in [0.3, 0.4) is 0 Å². The number of hydrogen-bond donors (Lipinski definition) is 0. The lowest BCUT2D eigenvalue weighted by molar-refractivity contribution is 0.102. The minimum atomic E-state index is 0.00182. The van der Waals surface area contributed by atoms with Gasteiger partial charge < -0.3 is 8.94 Å². The standard InChI is InChI=1S/C23H24N4O3S/c1-14(18-8-6-5-7-9-18)10-22-24-25-23(29-22)31-13-20(28)19-11-15(2)27(17(19)4)21-12-16(3)30-26-21/h5-9,11-12,14H,10,13H2,1-4H3. The first-order valence-corrected chi connectivity index (χ1v) is 11.1. The number of nitrogens with zero attached hydrogens (tertiary/aromatic N) is 4. The van der Waals surface area contributed by atoms with Crippen molar-refractivity contribution in [1.29, 1.82) is 0 Å². The second-order valence-corrected chi connectivity index (χ2v) is 8.53. The van der Waals surface area contributed by atoms with E-state index in [2.05, 4.69) is 34.4 Å². The van der Waals surface area contributed by atoms with E-state index >= 15 is 0 Å². The Labute approximate surface area is 184 Å². The summed E-state index contributed by atoms with van der Waals surface area (Å²) in [6, 6.07) is 13.9. The van der Waals surface area contributed by atoms with Crippen molar-refractivity contribution in [2.45, 2.75) is 45.3 Å². The number of Topliss-reactive ketones (excluding diaryl/α,β-unsaturated/α-hetero) is 1. The van der Waals surface area contributed by atoms with Gasteiger partial charge in [-0.2, -0.15) is 0 Å². The molecule has 0 spiro atoms. The summed E-state index contributed by atoms with van der Waals surface area (Å²) in [5, 5.41) is 12.7. The summed E-state index contributed by atoms with van der Waals surface area (Å²) in [7, 11) is 0. The van der Waals surface area contributed by atoms with Crippen molar-refractivity contribution in [1.82, 2.24) is 19.9 Å². The zero-order valence-corrected chi connectivity index (χ0v) is 18.8. The first-order chi connectivity index (χ1) is 14.9. The lowest BCUT2D eigenvalue weighted by atomic mass is 9.98. The number of hydrogen-bond acceptors (Lipinski definition) is 7. The lowest BCUT2D eigenvalue weighted by Crippen LogP contribution is -2.05.